The number of nitrogens with zero attached hydrogens (tertiary/aromatic N) is 2. The lowest BCUT2D eigenvalue weighted by Crippen LogP contribution is -2.41. The maximum Gasteiger partial charge on any atom is 0.309 e. The third-order valence-electron chi connectivity index (χ3n) is 8.07. The van der Waals surface area contributed by atoms with E-state index in [2.05, 4.69) is 5.32 Å². The number of halogens is 1. The van der Waals surface area contributed by atoms with Gasteiger partial charge in [-0.2, -0.15) is 0 Å². The van der Waals surface area contributed by atoms with E-state index in [1.807, 2.05) is 66.4 Å². The molecule has 3 atom stereocenters. The number of rotatable bonds is 4. The smallest absolute Gasteiger partial charge is 0.309 e. The van der Waals surface area contributed by atoms with Crippen molar-refractivity contribution >= 4 is 35.1 Å². The van der Waals surface area contributed by atoms with Crippen LogP contribution in [0.1, 0.15) is 67.8 Å². The molecule has 1 N–H and O–H groups in total. The minimum absolute atomic E-state index is 0.0683. The fourth-order valence-electron chi connectivity index (χ4n) is 5.79. The number of benzene rings is 2. The summed E-state index contributed by atoms with van der Waals surface area (Å²) in [4.78, 5) is 45.3. The van der Waals surface area contributed by atoms with Crippen molar-refractivity contribution < 1.29 is 19.1 Å². The van der Waals surface area contributed by atoms with Crippen molar-refractivity contribution in [2.24, 2.45) is 5.92 Å². The molecule has 1 aromatic heterocycles. The van der Waals surface area contributed by atoms with Gasteiger partial charge >= 0.3 is 5.97 Å². The number of fused-ring (bicyclic) bond motifs is 4. The van der Waals surface area contributed by atoms with Gasteiger partial charge in [0.15, 0.2) is 0 Å². The lowest BCUT2D eigenvalue weighted by Gasteiger charge is -2.38. The van der Waals surface area contributed by atoms with Crippen LogP contribution in [0.5, 0.6) is 0 Å². The monoisotopic (exact) mass is 559 g/mol. The van der Waals surface area contributed by atoms with Gasteiger partial charge in [-0.1, -0.05) is 49.2 Å². The number of esters is 1. The van der Waals surface area contributed by atoms with E-state index in [4.69, 9.17) is 21.3 Å². The normalized spacial score (nSPS) is 21.5. The Morgan fingerprint density at radius 1 is 1.10 bits per heavy atom. The molecule has 0 saturated carbocycles. The molecule has 8 heteroatoms. The van der Waals surface area contributed by atoms with Crippen molar-refractivity contribution in [2.45, 2.75) is 57.4 Å². The molecule has 1 saturated heterocycles. The lowest BCUT2D eigenvalue weighted by molar-refractivity contribution is -0.140. The van der Waals surface area contributed by atoms with Crippen molar-refractivity contribution in [1.82, 2.24) is 9.88 Å². The minimum atomic E-state index is -0.342. The third-order valence-corrected chi connectivity index (χ3v) is 8.30. The van der Waals surface area contributed by atoms with Gasteiger partial charge in [-0.3, -0.25) is 19.4 Å². The predicted molar refractivity (Wildman–Crippen MR) is 155 cm³/mol. The van der Waals surface area contributed by atoms with Gasteiger partial charge in [0.2, 0.25) is 11.8 Å². The van der Waals surface area contributed by atoms with Crippen LogP contribution in [0.2, 0.25) is 5.02 Å². The van der Waals surface area contributed by atoms with Crippen molar-refractivity contribution in [3.63, 3.8) is 0 Å². The van der Waals surface area contributed by atoms with Gasteiger partial charge in [0.1, 0.15) is 0 Å². The van der Waals surface area contributed by atoms with E-state index in [0.29, 0.717) is 30.1 Å². The molecule has 0 radical (unpaired) electrons. The molecular formula is C32H34ClN3O4. The van der Waals surface area contributed by atoms with E-state index in [-0.39, 0.29) is 42.1 Å². The Kier molecular flexibility index (Phi) is 8.50. The van der Waals surface area contributed by atoms with Crippen LogP contribution in [0.3, 0.4) is 0 Å². The highest BCUT2D eigenvalue weighted by Crippen LogP contribution is 2.38. The molecule has 5 rings (SSSR count). The summed E-state index contributed by atoms with van der Waals surface area (Å²) in [5.41, 5.74) is 5.07. The van der Waals surface area contributed by atoms with Crippen LogP contribution in [-0.4, -0.2) is 41.3 Å². The molecule has 1 fully saturated rings. The summed E-state index contributed by atoms with van der Waals surface area (Å²) >= 11 is 6.22. The Balaban J connectivity index is 1.47. The first-order valence-electron chi connectivity index (χ1n) is 13.8. The maximum atomic E-state index is 13.6. The Morgan fingerprint density at radius 3 is 2.73 bits per heavy atom. The average Bonchev–Trinajstić information content (AvgIpc) is 2.95. The fourth-order valence-corrected chi connectivity index (χ4v) is 5.98. The number of likely N-dealkylation sites (tertiary alicyclic amines) is 1. The van der Waals surface area contributed by atoms with Gasteiger partial charge < -0.3 is 15.0 Å². The van der Waals surface area contributed by atoms with E-state index >= 15 is 0 Å². The summed E-state index contributed by atoms with van der Waals surface area (Å²) in [6, 6.07) is 17.2. The molecule has 3 aromatic rings. The number of ether oxygens (including phenoxy) is 1. The number of hydrogen-bond donors (Lipinski definition) is 1. The summed E-state index contributed by atoms with van der Waals surface area (Å²) < 4.78 is 4.83. The van der Waals surface area contributed by atoms with Gasteiger partial charge in [0.25, 0.3) is 0 Å². The highest BCUT2D eigenvalue weighted by molar-refractivity contribution is 6.30. The zero-order valence-electron chi connectivity index (χ0n) is 22.9. The van der Waals surface area contributed by atoms with Crippen LogP contribution in [0.4, 0.5) is 5.69 Å². The molecule has 2 bridgehead atoms. The van der Waals surface area contributed by atoms with Gasteiger partial charge in [-0.15, -0.1) is 0 Å². The van der Waals surface area contributed by atoms with E-state index in [0.717, 1.165) is 47.2 Å². The Bertz CT molecular complexity index is 1420. The van der Waals surface area contributed by atoms with Crippen LogP contribution >= 0.6 is 11.6 Å². The number of amides is 2. The van der Waals surface area contributed by atoms with Gasteiger partial charge in [0.05, 0.1) is 25.3 Å². The SMILES string of the molecule is COC(=O)Cc1ccc2c(c1)NC(=O)[C@H](C)CCC[C@H](N1CCC(c3cccc(Cl)c3)CC1=O)c1cc-2ccn1. The number of pyridine rings is 1. The van der Waals surface area contributed by atoms with E-state index < -0.39 is 0 Å². The number of nitrogens with one attached hydrogen (secondary N) is 1. The molecule has 3 heterocycles. The number of anilines is 1. The quantitative estimate of drug-likeness (QED) is 0.378. The number of methoxy groups -OCH3 is 1. The second-order valence-corrected chi connectivity index (χ2v) is 11.2. The maximum absolute atomic E-state index is 13.6. The molecule has 1 unspecified atom stereocenters. The molecule has 40 heavy (non-hydrogen) atoms. The van der Waals surface area contributed by atoms with Crippen molar-refractivity contribution in [3.05, 3.63) is 82.6 Å². The van der Waals surface area contributed by atoms with Gasteiger partial charge in [0, 0.05) is 41.4 Å². The van der Waals surface area contributed by atoms with Crippen molar-refractivity contribution in [3.8, 4) is 11.1 Å². The average molecular weight is 560 g/mol. The van der Waals surface area contributed by atoms with Crippen LogP contribution in [0.15, 0.2) is 60.8 Å². The third kappa shape index (κ3) is 6.20. The summed E-state index contributed by atoms with van der Waals surface area (Å²) in [6.45, 7) is 2.56. The fraction of sp³-hybridized carbons (Fsp3) is 0.375. The summed E-state index contributed by atoms with van der Waals surface area (Å²) in [5, 5.41) is 3.77. The predicted octanol–water partition coefficient (Wildman–Crippen LogP) is 6.32. The largest absolute Gasteiger partial charge is 0.469 e. The molecule has 2 aliphatic heterocycles. The Labute approximate surface area is 239 Å². The lowest BCUT2D eigenvalue weighted by atomic mass is 9.87. The van der Waals surface area contributed by atoms with Crippen LogP contribution in [0.25, 0.3) is 11.1 Å². The highest BCUT2D eigenvalue weighted by Gasteiger charge is 2.33. The van der Waals surface area contributed by atoms with Crippen LogP contribution in [0, 0.1) is 5.92 Å². The Hall–Kier alpha value is -3.71. The molecule has 0 spiro atoms. The summed E-state index contributed by atoms with van der Waals surface area (Å²) in [5.74, 6) is -0.374. The topological polar surface area (TPSA) is 88.6 Å². The Morgan fingerprint density at radius 2 is 1.95 bits per heavy atom. The first-order chi connectivity index (χ1) is 19.3. The second kappa shape index (κ2) is 12.2. The van der Waals surface area contributed by atoms with Crippen molar-refractivity contribution in [1.29, 1.82) is 0 Å². The zero-order chi connectivity index (χ0) is 28.2. The van der Waals surface area contributed by atoms with Crippen LogP contribution in [-0.2, 0) is 25.5 Å². The summed E-state index contributed by atoms with van der Waals surface area (Å²) in [6.07, 6.45) is 5.37. The second-order valence-electron chi connectivity index (χ2n) is 10.8. The molecule has 208 valence electrons. The van der Waals surface area contributed by atoms with Gasteiger partial charge in [-0.05, 0) is 72.2 Å². The van der Waals surface area contributed by atoms with Gasteiger partial charge in [-0.25, -0.2) is 0 Å². The zero-order valence-corrected chi connectivity index (χ0v) is 23.6. The standard InChI is InChI=1S/C32H34ClN3O4/c1-20-5-3-8-29(36-14-12-23(19-30(36)37)22-6-4-7-25(33)17-22)28-18-24(11-13-34-28)26-10-9-21(16-31(38)40-2)15-27(26)35-32(20)39/h4,6-7,9-11,13,15,17-18,20,23,29H,3,5,8,12,14,16,19H2,1-2H3,(H,35,39)/t20-,23?,29+/m1/s1. The number of piperidine rings is 1. The number of carbonyl (C=O) groups is 3. The number of aromatic nitrogens is 1. The van der Waals surface area contributed by atoms with E-state index in [1.165, 1.54) is 7.11 Å². The molecular weight excluding hydrogens is 526 g/mol. The minimum Gasteiger partial charge on any atom is -0.469 e. The van der Waals surface area contributed by atoms with Crippen molar-refractivity contribution in [2.75, 3.05) is 19.0 Å². The molecule has 7 nitrogen and oxygen atoms in total. The molecule has 2 amide bonds. The highest BCUT2D eigenvalue weighted by atomic mass is 35.5. The molecule has 0 aliphatic carbocycles. The molecule has 2 aromatic carbocycles. The first-order valence-corrected chi connectivity index (χ1v) is 14.2. The number of hydrogen-bond acceptors (Lipinski definition) is 5. The summed E-state index contributed by atoms with van der Waals surface area (Å²) in [7, 11) is 1.36. The van der Waals surface area contributed by atoms with E-state index in [9.17, 15) is 14.4 Å². The number of carbonyl (C=O) groups excluding carboxylic acids is 3. The first kappa shape index (κ1) is 27.8. The molecule has 2 aliphatic rings. The van der Waals surface area contributed by atoms with E-state index in [1.54, 1.807) is 6.20 Å². The van der Waals surface area contributed by atoms with Crippen LogP contribution < -0.4 is 5.32 Å².